The molecule has 1 rings (SSSR count). The number of halogens is 3. The minimum atomic E-state index is -4.44. The van der Waals surface area contributed by atoms with Gasteiger partial charge in [0, 0.05) is 11.3 Å². The maximum absolute atomic E-state index is 12.1. The maximum atomic E-state index is 12.1. The van der Waals surface area contributed by atoms with Crippen LogP contribution in [0, 0.1) is 6.92 Å². The lowest BCUT2D eigenvalue weighted by molar-refractivity contribution is -0.141. The highest BCUT2D eigenvalue weighted by molar-refractivity contribution is 5.80. The van der Waals surface area contributed by atoms with Gasteiger partial charge in [-0.3, -0.25) is 0 Å². The van der Waals surface area contributed by atoms with Crippen LogP contribution in [0.2, 0.25) is 0 Å². The van der Waals surface area contributed by atoms with Gasteiger partial charge in [-0.1, -0.05) is 5.16 Å². The first kappa shape index (κ1) is 10.5. The van der Waals surface area contributed by atoms with Crippen LogP contribution in [0.1, 0.15) is 17.0 Å². The van der Waals surface area contributed by atoms with Crippen molar-refractivity contribution in [2.24, 2.45) is 5.16 Å². The van der Waals surface area contributed by atoms with Crippen molar-refractivity contribution in [2.45, 2.75) is 13.1 Å². The Labute approximate surface area is 77.9 Å². The van der Waals surface area contributed by atoms with E-state index in [1.54, 1.807) is 0 Å². The third-order valence-corrected chi connectivity index (χ3v) is 1.61. The van der Waals surface area contributed by atoms with Gasteiger partial charge in [0.1, 0.15) is 5.69 Å². The summed E-state index contributed by atoms with van der Waals surface area (Å²) in [5.74, 6) is 0. The monoisotopic (exact) mass is 204 g/mol. The van der Waals surface area contributed by atoms with E-state index in [1.165, 1.54) is 13.0 Å². The average molecular weight is 204 g/mol. The summed E-state index contributed by atoms with van der Waals surface area (Å²) in [6.45, 7) is 1.41. The van der Waals surface area contributed by atoms with Crippen LogP contribution >= 0.6 is 0 Å². The van der Waals surface area contributed by atoms with Gasteiger partial charge in [-0.2, -0.15) is 13.2 Å². The molecule has 0 spiro atoms. The average Bonchev–Trinajstić information content (AvgIpc) is 2.07. The van der Waals surface area contributed by atoms with Gasteiger partial charge in [0.2, 0.25) is 0 Å². The highest BCUT2D eigenvalue weighted by Gasteiger charge is 2.32. The van der Waals surface area contributed by atoms with Crippen LogP contribution in [0.3, 0.4) is 0 Å². The van der Waals surface area contributed by atoms with Gasteiger partial charge in [0.05, 0.1) is 6.21 Å². The molecule has 0 unspecified atom stereocenters. The SMILES string of the molecule is Cc1nc(C(F)(F)F)ccc1/C=N/O. The van der Waals surface area contributed by atoms with E-state index in [0.717, 1.165) is 12.3 Å². The van der Waals surface area contributed by atoms with Gasteiger partial charge in [0.15, 0.2) is 0 Å². The van der Waals surface area contributed by atoms with Gasteiger partial charge in [-0.25, -0.2) is 4.98 Å². The molecule has 76 valence electrons. The van der Waals surface area contributed by atoms with Crippen LogP contribution in [0.4, 0.5) is 13.2 Å². The van der Waals surface area contributed by atoms with Gasteiger partial charge in [-0.05, 0) is 19.1 Å². The Hall–Kier alpha value is -1.59. The predicted molar refractivity (Wildman–Crippen MR) is 43.4 cm³/mol. The second kappa shape index (κ2) is 3.65. The normalized spacial score (nSPS) is 12.3. The molecule has 1 heterocycles. The number of hydrogen-bond acceptors (Lipinski definition) is 3. The van der Waals surface area contributed by atoms with Gasteiger partial charge in [-0.15, -0.1) is 0 Å². The van der Waals surface area contributed by atoms with Crippen LogP contribution in [0.15, 0.2) is 17.3 Å². The summed E-state index contributed by atoms with van der Waals surface area (Å²) in [5, 5.41) is 10.9. The molecule has 3 nitrogen and oxygen atoms in total. The molecular weight excluding hydrogens is 197 g/mol. The molecule has 0 radical (unpaired) electrons. The molecule has 0 amide bonds. The largest absolute Gasteiger partial charge is 0.433 e. The molecule has 0 aliphatic rings. The van der Waals surface area contributed by atoms with Crippen LogP contribution in [0.5, 0.6) is 0 Å². The molecule has 0 aromatic carbocycles. The molecule has 14 heavy (non-hydrogen) atoms. The fourth-order valence-corrected chi connectivity index (χ4v) is 0.928. The van der Waals surface area contributed by atoms with Crippen molar-refractivity contribution in [1.82, 2.24) is 4.98 Å². The number of rotatable bonds is 1. The summed E-state index contributed by atoms with van der Waals surface area (Å²) in [6, 6.07) is 2.04. The third kappa shape index (κ3) is 2.21. The second-order valence-electron chi connectivity index (χ2n) is 2.61. The molecule has 0 aliphatic carbocycles. The summed E-state index contributed by atoms with van der Waals surface area (Å²) < 4.78 is 36.4. The van der Waals surface area contributed by atoms with Crippen LogP contribution < -0.4 is 0 Å². The van der Waals surface area contributed by atoms with E-state index in [2.05, 4.69) is 10.1 Å². The topological polar surface area (TPSA) is 45.5 Å². The molecular formula is C8H7F3N2O. The van der Waals surface area contributed by atoms with Crippen molar-refractivity contribution in [3.05, 3.63) is 29.1 Å². The Morgan fingerprint density at radius 2 is 2.07 bits per heavy atom. The third-order valence-electron chi connectivity index (χ3n) is 1.61. The highest BCUT2D eigenvalue weighted by Crippen LogP contribution is 2.27. The first-order chi connectivity index (χ1) is 6.45. The van der Waals surface area contributed by atoms with E-state index in [0.29, 0.717) is 5.56 Å². The molecule has 1 aromatic heterocycles. The maximum Gasteiger partial charge on any atom is 0.433 e. The van der Waals surface area contributed by atoms with Crippen LogP contribution in [-0.4, -0.2) is 16.4 Å². The first-order valence-corrected chi connectivity index (χ1v) is 3.67. The number of aryl methyl sites for hydroxylation is 1. The Morgan fingerprint density at radius 3 is 2.50 bits per heavy atom. The zero-order valence-corrected chi connectivity index (χ0v) is 7.21. The quantitative estimate of drug-likeness (QED) is 0.433. The molecule has 0 atom stereocenters. The molecule has 0 fully saturated rings. The lowest BCUT2D eigenvalue weighted by Crippen LogP contribution is -2.09. The summed E-state index contributed by atoms with van der Waals surface area (Å²) in [5.41, 5.74) is -0.441. The summed E-state index contributed by atoms with van der Waals surface area (Å²) >= 11 is 0. The minimum absolute atomic E-state index is 0.164. The minimum Gasteiger partial charge on any atom is -0.411 e. The molecule has 0 bridgehead atoms. The standard InChI is InChI=1S/C8H7F3N2O/c1-5-6(4-12-14)2-3-7(13-5)8(9,10)11/h2-4,14H,1H3/b12-4+. The molecule has 6 heteroatoms. The van der Waals surface area contributed by atoms with Crippen molar-refractivity contribution >= 4 is 6.21 Å². The van der Waals surface area contributed by atoms with Gasteiger partial charge in [0.25, 0.3) is 0 Å². The van der Waals surface area contributed by atoms with Crippen molar-refractivity contribution in [3.8, 4) is 0 Å². The smallest absolute Gasteiger partial charge is 0.411 e. The molecule has 0 aliphatic heterocycles. The highest BCUT2D eigenvalue weighted by atomic mass is 19.4. The van der Waals surface area contributed by atoms with E-state index >= 15 is 0 Å². The van der Waals surface area contributed by atoms with E-state index in [4.69, 9.17) is 5.21 Å². The van der Waals surface area contributed by atoms with E-state index in [-0.39, 0.29) is 5.69 Å². The molecule has 0 saturated heterocycles. The summed E-state index contributed by atoms with van der Waals surface area (Å²) in [7, 11) is 0. The Morgan fingerprint density at radius 1 is 1.43 bits per heavy atom. The number of oxime groups is 1. The fraction of sp³-hybridized carbons (Fsp3) is 0.250. The number of hydrogen-bond donors (Lipinski definition) is 1. The fourth-order valence-electron chi connectivity index (χ4n) is 0.928. The van der Waals surface area contributed by atoms with Crippen molar-refractivity contribution < 1.29 is 18.4 Å². The predicted octanol–water partition coefficient (Wildman–Crippen LogP) is 2.22. The number of alkyl halides is 3. The lowest BCUT2D eigenvalue weighted by Gasteiger charge is -2.07. The number of aromatic nitrogens is 1. The van der Waals surface area contributed by atoms with Crippen molar-refractivity contribution in [2.75, 3.05) is 0 Å². The molecule has 1 aromatic rings. The van der Waals surface area contributed by atoms with Crippen LogP contribution in [0.25, 0.3) is 0 Å². The zero-order valence-electron chi connectivity index (χ0n) is 7.21. The van der Waals surface area contributed by atoms with E-state index < -0.39 is 11.9 Å². The van der Waals surface area contributed by atoms with Crippen molar-refractivity contribution in [3.63, 3.8) is 0 Å². The summed E-state index contributed by atoms with van der Waals surface area (Å²) in [4.78, 5) is 3.34. The molecule has 1 N–H and O–H groups in total. The summed E-state index contributed by atoms with van der Waals surface area (Å²) in [6.07, 6.45) is -3.41. The lowest BCUT2D eigenvalue weighted by atomic mass is 10.2. The van der Waals surface area contributed by atoms with E-state index in [1.807, 2.05) is 0 Å². The number of pyridine rings is 1. The Balaban J connectivity index is 3.13. The second-order valence-corrected chi connectivity index (χ2v) is 2.61. The Bertz CT molecular complexity index is 360. The van der Waals surface area contributed by atoms with Gasteiger partial charge >= 0.3 is 6.18 Å². The molecule has 0 saturated carbocycles. The van der Waals surface area contributed by atoms with Crippen LogP contribution in [-0.2, 0) is 6.18 Å². The number of nitrogens with zero attached hydrogens (tertiary/aromatic N) is 2. The van der Waals surface area contributed by atoms with Gasteiger partial charge < -0.3 is 5.21 Å². The van der Waals surface area contributed by atoms with Crippen molar-refractivity contribution in [1.29, 1.82) is 0 Å². The first-order valence-electron chi connectivity index (χ1n) is 3.67. The Kier molecular flexibility index (Phi) is 2.73. The zero-order chi connectivity index (χ0) is 10.8. The van der Waals surface area contributed by atoms with E-state index in [9.17, 15) is 13.2 Å².